The van der Waals surface area contributed by atoms with Crippen LogP contribution in [0.1, 0.15) is 5.56 Å². The largest absolute Gasteiger partial charge is 0.488 e. The van der Waals surface area contributed by atoms with E-state index in [2.05, 4.69) is 0 Å². The number of hydrogen-bond acceptors (Lipinski definition) is 4. The fourth-order valence-corrected chi connectivity index (χ4v) is 1.02. The monoisotopic (exact) mass is 215 g/mol. The Hall–Kier alpha value is -1.33. The van der Waals surface area contributed by atoms with E-state index in [9.17, 15) is 4.39 Å². The van der Waals surface area contributed by atoms with Gasteiger partial charge in [0, 0.05) is 11.8 Å². The van der Waals surface area contributed by atoms with Gasteiger partial charge in [-0.15, -0.1) is 0 Å². The van der Waals surface area contributed by atoms with Gasteiger partial charge in [-0.25, -0.2) is 4.39 Å². The predicted octanol–water partition coefficient (Wildman–Crippen LogP) is 0.448. The summed E-state index contributed by atoms with van der Waals surface area (Å²) in [5.74, 6) is -0.558. The fourth-order valence-electron chi connectivity index (χ4n) is 1.02. The average molecular weight is 215 g/mol. The Labute approximate surface area is 87.1 Å². The van der Waals surface area contributed by atoms with Gasteiger partial charge in [0.05, 0.1) is 6.61 Å². The number of rotatable bonds is 4. The Morgan fingerprint density at radius 1 is 1.53 bits per heavy atom. The van der Waals surface area contributed by atoms with Crippen LogP contribution in [-0.2, 0) is 0 Å². The topological polar surface area (TPSA) is 75.7 Å². The number of benzene rings is 1. The van der Waals surface area contributed by atoms with Gasteiger partial charge in [0.1, 0.15) is 12.7 Å². The molecular formula is C10H14FNO3. The first kappa shape index (κ1) is 11.7. The van der Waals surface area contributed by atoms with Gasteiger partial charge in [0.2, 0.25) is 0 Å². The summed E-state index contributed by atoms with van der Waals surface area (Å²) < 4.78 is 18.2. The highest BCUT2D eigenvalue weighted by Gasteiger charge is 2.09. The number of aliphatic hydroxyl groups excluding tert-OH is 2. The first-order valence-corrected chi connectivity index (χ1v) is 4.52. The van der Waals surface area contributed by atoms with Crippen LogP contribution in [-0.4, -0.2) is 29.5 Å². The van der Waals surface area contributed by atoms with E-state index in [1.165, 1.54) is 6.07 Å². The Balaban J connectivity index is 2.73. The SMILES string of the molecule is Cc1cc(OCC(O)CO)c(F)cc1N. The molecule has 1 atom stereocenters. The van der Waals surface area contributed by atoms with Crippen molar-refractivity contribution in [2.24, 2.45) is 0 Å². The van der Waals surface area contributed by atoms with E-state index in [1.54, 1.807) is 6.92 Å². The number of ether oxygens (including phenoxy) is 1. The molecule has 0 saturated heterocycles. The normalized spacial score (nSPS) is 12.5. The molecule has 0 fully saturated rings. The van der Waals surface area contributed by atoms with Crippen LogP contribution in [0, 0.1) is 12.7 Å². The average Bonchev–Trinajstić information content (AvgIpc) is 2.21. The highest BCUT2D eigenvalue weighted by Crippen LogP contribution is 2.23. The van der Waals surface area contributed by atoms with Crippen LogP contribution < -0.4 is 10.5 Å². The lowest BCUT2D eigenvalue weighted by Crippen LogP contribution is -2.21. The third-order valence-corrected chi connectivity index (χ3v) is 1.96. The van der Waals surface area contributed by atoms with E-state index in [-0.39, 0.29) is 12.4 Å². The Bertz CT molecular complexity index is 344. The molecule has 1 aromatic carbocycles. The molecule has 1 aromatic rings. The van der Waals surface area contributed by atoms with Crippen LogP contribution >= 0.6 is 0 Å². The second-order valence-electron chi connectivity index (χ2n) is 3.29. The van der Waals surface area contributed by atoms with Crippen molar-refractivity contribution in [3.05, 3.63) is 23.5 Å². The molecule has 84 valence electrons. The first-order valence-electron chi connectivity index (χ1n) is 4.52. The van der Waals surface area contributed by atoms with Crippen molar-refractivity contribution in [1.29, 1.82) is 0 Å². The summed E-state index contributed by atoms with van der Waals surface area (Å²) in [6, 6.07) is 2.62. The van der Waals surface area contributed by atoms with Gasteiger partial charge in [-0.2, -0.15) is 0 Å². The molecule has 4 nitrogen and oxygen atoms in total. The highest BCUT2D eigenvalue weighted by atomic mass is 19.1. The minimum atomic E-state index is -1.01. The molecule has 1 rings (SSSR count). The zero-order valence-electron chi connectivity index (χ0n) is 8.40. The van der Waals surface area contributed by atoms with Crippen molar-refractivity contribution in [3.8, 4) is 5.75 Å². The fraction of sp³-hybridized carbons (Fsp3) is 0.400. The molecule has 5 heteroatoms. The van der Waals surface area contributed by atoms with Crippen LogP contribution in [0.3, 0.4) is 0 Å². The van der Waals surface area contributed by atoms with Gasteiger partial charge in [-0.1, -0.05) is 0 Å². The van der Waals surface area contributed by atoms with Gasteiger partial charge < -0.3 is 20.7 Å². The molecule has 0 aliphatic rings. The van der Waals surface area contributed by atoms with E-state index in [1.807, 2.05) is 0 Å². The molecular weight excluding hydrogens is 201 g/mol. The standard InChI is InChI=1S/C10H14FNO3/c1-6-2-10(8(11)3-9(6)12)15-5-7(14)4-13/h2-3,7,13-14H,4-5,12H2,1H3. The molecule has 0 bridgehead atoms. The molecule has 1 unspecified atom stereocenters. The maximum atomic E-state index is 13.2. The quantitative estimate of drug-likeness (QED) is 0.637. The lowest BCUT2D eigenvalue weighted by atomic mass is 10.2. The Morgan fingerprint density at radius 2 is 2.20 bits per heavy atom. The van der Waals surface area contributed by atoms with E-state index in [4.69, 9.17) is 20.7 Å². The smallest absolute Gasteiger partial charge is 0.167 e. The Morgan fingerprint density at radius 3 is 2.80 bits per heavy atom. The lowest BCUT2D eigenvalue weighted by Gasteiger charge is -2.11. The highest BCUT2D eigenvalue weighted by molar-refractivity contribution is 5.50. The van der Waals surface area contributed by atoms with E-state index >= 15 is 0 Å². The summed E-state index contributed by atoms with van der Waals surface area (Å²) in [6.45, 7) is 1.15. The molecule has 0 aliphatic carbocycles. The number of nitrogens with two attached hydrogens (primary N) is 1. The number of aliphatic hydroxyl groups is 2. The van der Waals surface area contributed by atoms with Gasteiger partial charge in [0.25, 0.3) is 0 Å². The maximum absolute atomic E-state index is 13.2. The molecule has 0 radical (unpaired) electrons. The Kier molecular flexibility index (Phi) is 3.88. The molecule has 0 spiro atoms. The summed E-state index contributed by atoms with van der Waals surface area (Å²) >= 11 is 0. The number of halogens is 1. The number of nitrogen functional groups attached to an aromatic ring is 1. The number of hydrogen-bond donors (Lipinski definition) is 3. The first-order chi connectivity index (χ1) is 7.04. The molecule has 15 heavy (non-hydrogen) atoms. The van der Waals surface area contributed by atoms with Crippen molar-refractivity contribution >= 4 is 5.69 Å². The van der Waals surface area contributed by atoms with Crippen molar-refractivity contribution < 1.29 is 19.3 Å². The third-order valence-electron chi connectivity index (χ3n) is 1.96. The molecule has 0 aromatic heterocycles. The van der Waals surface area contributed by atoms with E-state index in [0.717, 1.165) is 6.07 Å². The summed E-state index contributed by atoms with van der Waals surface area (Å²) in [4.78, 5) is 0. The van der Waals surface area contributed by atoms with Crippen LogP contribution in [0.5, 0.6) is 5.75 Å². The molecule has 0 saturated carbocycles. The van der Waals surface area contributed by atoms with Gasteiger partial charge >= 0.3 is 0 Å². The maximum Gasteiger partial charge on any atom is 0.167 e. The molecule has 0 aliphatic heterocycles. The van der Waals surface area contributed by atoms with E-state index in [0.29, 0.717) is 11.3 Å². The van der Waals surface area contributed by atoms with Crippen LogP contribution in [0.2, 0.25) is 0 Å². The lowest BCUT2D eigenvalue weighted by molar-refractivity contribution is 0.0523. The van der Waals surface area contributed by atoms with Crippen molar-refractivity contribution in [2.75, 3.05) is 18.9 Å². The van der Waals surface area contributed by atoms with Gasteiger partial charge in [-0.3, -0.25) is 0 Å². The van der Waals surface area contributed by atoms with Crippen LogP contribution in [0.4, 0.5) is 10.1 Å². The van der Waals surface area contributed by atoms with Crippen LogP contribution in [0.15, 0.2) is 12.1 Å². The summed E-state index contributed by atoms with van der Waals surface area (Å²) in [7, 11) is 0. The molecule has 4 N–H and O–H groups in total. The number of aryl methyl sites for hydroxylation is 1. The van der Waals surface area contributed by atoms with E-state index < -0.39 is 18.5 Å². The number of anilines is 1. The second kappa shape index (κ2) is 4.95. The minimum Gasteiger partial charge on any atom is -0.488 e. The minimum absolute atomic E-state index is 0.0224. The van der Waals surface area contributed by atoms with Crippen molar-refractivity contribution in [3.63, 3.8) is 0 Å². The molecule has 0 amide bonds. The van der Waals surface area contributed by atoms with Crippen molar-refractivity contribution in [2.45, 2.75) is 13.0 Å². The zero-order chi connectivity index (χ0) is 11.4. The summed E-state index contributed by atoms with van der Waals surface area (Å²) in [6.07, 6.45) is -1.01. The van der Waals surface area contributed by atoms with Gasteiger partial charge in [-0.05, 0) is 18.6 Å². The van der Waals surface area contributed by atoms with Crippen LogP contribution in [0.25, 0.3) is 0 Å². The third kappa shape index (κ3) is 3.07. The second-order valence-corrected chi connectivity index (χ2v) is 3.29. The molecule has 0 heterocycles. The predicted molar refractivity (Wildman–Crippen MR) is 54.1 cm³/mol. The zero-order valence-corrected chi connectivity index (χ0v) is 8.40. The van der Waals surface area contributed by atoms with Gasteiger partial charge in [0.15, 0.2) is 11.6 Å². The summed E-state index contributed by atoms with van der Waals surface area (Å²) in [5.41, 5.74) is 6.54. The van der Waals surface area contributed by atoms with Crippen molar-refractivity contribution in [1.82, 2.24) is 0 Å². The summed E-state index contributed by atoms with van der Waals surface area (Å²) in [5, 5.41) is 17.5.